The van der Waals surface area contributed by atoms with Crippen LogP contribution in [0.15, 0.2) is 231 Å². The van der Waals surface area contributed by atoms with Crippen molar-refractivity contribution in [2.45, 2.75) is 26.9 Å². The van der Waals surface area contributed by atoms with Crippen molar-refractivity contribution in [3.8, 4) is 78.7 Å². The van der Waals surface area contributed by atoms with Crippen LogP contribution < -0.4 is 0 Å². The van der Waals surface area contributed by atoms with E-state index in [9.17, 15) is 13.2 Å². The number of rotatable bonds is 8. The minimum absolute atomic E-state index is 0.516. The van der Waals surface area contributed by atoms with Gasteiger partial charge in [-0.05, 0) is 115 Å². The van der Waals surface area contributed by atoms with Crippen molar-refractivity contribution in [3.05, 3.63) is 253 Å². The molecule has 0 unspecified atom stereocenters. The first-order chi connectivity index (χ1) is 36.5. The Bertz CT molecular complexity index is 4300. The lowest BCUT2D eigenvalue weighted by Crippen LogP contribution is -2.05. The lowest BCUT2D eigenvalue weighted by atomic mass is 9.93. The summed E-state index contributed by atoms with van der Waals surface area (Å²) in [6.45, 7) is 6.00. The summed E-state index contributed by atoms with van der Waals surface area (Å²) in [7, 11) is 0. The van der Waals surface area contributed by atoms with Crippen LogP contribution in [0.25, 0.3) is 122 Å². The molecule has 13 aromatic rings. The number of alkyl halides is 3. The van der Waals surface area contributed by atoms with Crippen molar-refractivity contribution >= 4 is 43.6 Å². The molecule has 4 nitrogen and oxygen atoms in total. The van der Waals surface area contributed by atoms with Crippen molar-refractivity contribution < 1.29 is 13.2 Å². The third kappa shape index (κ3) is 8.05. The Morgan fingerprint density at radius 3 is 1.44 bits per heavy atom. The molecule has 0 saturated heterocycles. The van der Waals surface area contributed by atoms with Gasteiger partial charge in [-0.3, -0.25) is 0 Å². The Kier molecular flexibility index (Phi) is 10.9. The quantitative estimate of drug-likeness (QED) is 0.152. The smallest absolute Gasteiger partial charge is 0.309 e. The highest BCUT2D eigenvalue weighted by atomic mass is 19.4. The molecule has 13 rings (SSSR count). The summed E-state index contributed by atoms with van der Waals surface area (Å²) in [5.74, 6) is 0.613. The summed E-state index contributed by atoms with van der Waals surface area (Å²) >= 11 is 0. The fraction of sp³-hybridized carbons (Fsp3) is 0.0588. The van der Waals surface area contributed by atoms with Gasteiger partial charge in [0.1, 0.15) is 0 Å². The highest BCUT2D eigenvalue weighted by Gasteiger charge is 2.31. The largest absolute Gasteiger partial charge is 0.416 e. The van der Waals surface area contributed by atoms with E-state index < -0.39 is 11.7 Å². The number of fused-ring (bicyclic) bond motifs is 6. The second-order valence-electron chi connectivity index (χ2n) is 19.5. The van der Waals surface area contributed by atoms with Crippen LogP contribution in [0.4, 0.5) is 13.2 Å². The van der Waals surface area contributed by atoms with E-state index in [1.807, 2.05) is 84.9 Å². The van der Waals surface area contributed by atoms with Crippen LogP contribution in [-0.4, -0.2) is 19.1 Å². The number of aryl methyl sites for hydroxylation is 3. The first-order valence-electron chi connectivity index (χ1n) is 25.1. The third-order valence-electron chi connectivity index (χ3n) is 14.4. The molecule has 0 aliphatic carbocycles. The summed E-state index contributed by atoms with van der Waals surface area (Å²) < 4.78 is 47.3. The predicted molar refractivity (Wildman–Crippen MR) is 303 cm³/mol. The fourth-order valence-corrected chi connectivity index (χ4v) is 11.2. The number of benzene rings is 10. The molecule has 0 atom stereocenters. The zero-order chi connectivity index (χ0) is 51.0. The maximum Gasteiger partial charge on any atom is 0.416 e. The molecule has 7 heteroatoms. The van der Waals surface area contributed by atoms with Gasteiger partial charge in [0.15, 0.2) is 5.82 Å². The average Bonchev–Trinajstić information content (AvgIpc) is 3.98. The molecule has 0 saturated carbocycles. The molecular formula is C68H47F3N4. The maximum atomic E-state index is 14.2. The molecule has 0 bridgehead atoms. The summed E-state index contributed by atoms with van der Waals surface area (Å²) in [5.41, 5.74) is 18.1. The van der Waals surface area contributed by atoms with Gasteiger partial charge in [0.2, 0.25) is 0 Å². The zero-order valence-electron chi connectivity index (χ0n) is 41.4. The molecule has 0 N–H and O–H groups in total. The minimum Gasteiger partial charge on any atom is -0.309 e. The van der Waals surface area contributed by atoms with Gasteiger partial charge >= 0.3 is 6.18 Å². The lowest BCUT2D eigenvalue weighted by molar-refractivity contribution is -0.137. The Morgan fingerprint density at radius 1 is 0.333 bits per heavy atom. The van der Waals surface area contributed by atoms with E-state index in [4.69, 9.17) is 9.97 Å². The standard InChI is InChI=1S/C68H47F3N4/c1-42-33-43(2)35-49(34-42)47-29-32-64-57(39-47)53-22-11-14-26-61(53)75(64)65-28-16-24-54(59-41-58(45-17-6-4-7-18-45)72-67(73-59)46-19-8-5-9-20-46)66(65)55-23-12-15-27-62(55)74-60-25-13-10-21-52(60)56-40-48(30-31-63(56)74)50-36-44(3)37-51(38-50)68(69,70)71/h4-41H,1-3H3. The SMILES string of the molecule is Cc1cc(C)cc(-c2ccc3c(c2)c2ccccc2n3-c2cccc(-c3cc(-c4ccccc4)nc(-c4ccccc4)n3)c2-c2ccccc2-n2c3ccccc3c3cc(-c4cc(C)cc(C(F)(F)F)c4)ccc32)c1. The molecule has 3 aromatic heterocycles. The second-order valence-corrected chi connectivity index (χ2v) is 19.5. The van der Waals surface area contributed by atoms with Crippen LogP contribution in [0.3, 0.4) is 0 Å². The topological polar surface area (TPSA) is 35.6 Å². The summed E-state index contributed by atoms with van der Waals surface area (Å²) in [6, 6.07) is 78.3. The molecule has 0 aliphatic heterocycles. The Balaban J connectivity index is 1.11. The molecule has 0 spiro atoms. The van der Waals surface area contributed by atoms with E-state index in [0.717, 1.165) is 99.8 Å². The minimum atomic E-state index is -4.47. The van der Waals surface area contributed by atoms with Crippen molar-refractivity contribution in [2.24, 2.45) is 0 Å². The first kappa shape index (κ1) is 45.5. The number of para-hydroxylation sites is 3. The van der Waals surface area contributed by atoms with Crippen LogP contribution >= 0.6 is 0 Å². The molecule has 360 valence electrons. The zero-order valence-corrected chi connectivity index (χ0v) is 41.4. The van der Waals surface area contributed by atoms with E-state index in [1.165, 1.54) is 28.8 Å². The summed E-state index contributed by atoms with van der Waals surface area (Å²) in [6.07, 6.45) is -4.47. The number of halogens is 3. The summed E-state index contributed by atoms with van der Waals surface area (Å²) in [4.78, 5) is 10.7. The van der Waals surface area contributed by atoms with E-state index >= 15 is 0 Å². The summed E-state index contributed by atoms with van der Waals surface area (Å²) in [5, 5.41) is 4.19. The number of hydrogen-bond donors (Lipinski definition) is 0. The van der Waals surface area contributed by atoms with Gasteiger partial charge in [0, 0.05) is 49.4 Å². The van der Waals surface area contributed by atoms with E-state index in [2.05, 4.69) is 156 Å². The molecule has 0 aliphatic rings. The highest BCUT2D eigenvalue weighted by molar-refractivity contribution is 6.13. The highest BCUT2D eigenvalue weighted by Crippen LogP contribution is 2.46. The molecule has 10 aromatic carbocycles. The van der Waals surface area contributed by atoms with Crippen molar-refractivity contribution in [1.82, 2.24) is 19.1 Å². The van der Waals surface area contributed by atoms with Crippen molar-refractivity contribution in [1.29, 1.82) is 0 Å². The number of nitrogens with zero attached hydrogens (tertiary/aromatic N) is 4. The van der Waals surface area contributed by atoms with Gasteiger partial charge in [-0.25, -0.2) is 9.97 Å². The van der Waals surface area contributed by atoms with Crippen LogP contribution in [0.2, 0.25) is 0 Å². The van der Waals surface area contributed by atoms with E-state index in [-0.39, 0.29) is 0 Å². The normalized spacial score (nSPS) is 11.9. The van der Waals surface area contributed by atoms with Gasteiger partial charge < -0.3 is 9.13 Å². The first-order valence-corrected chi connectivity index (χ1v) is 25.1. The van der Waals surface area contributed by atoms with E-state index in [1.54, 1.807) is 6.92 Å². The molecule has 75 heavy (non-hydrogen) atoms. The van der Waals surface area contributed by atoms with Crippen LogP contribution in [-0.2, 0) is 6.18 Å². The number of hydrogen-bond acceptors (Lipinski definition) is 2. The molecule has 0 fully saturated rings. The van der Waals surface area contributed by atoms with Crippen molar-refractivity contribution in [3.63, 3.8) is 0 Å². The van der Waals surface area contributed by atoms with E-state index in [0.29, 0.717) is 22.5 Å². The average molecular weight is 977 g/mol. The predicted octanol–water partition coefficient (Wildman–Crippen LogP) is 18.6. The number of aromatic nitrogens is 4. The van der Waals surface area contributed by atoms with Crippen molar-refractivity contribution in [2.75, 3.05) is 0 Å². The molecule has 3 heterocycles. The van der Waals surface area contributed by atoms with Crippen LogP contribution in [0, 0.1) is 20.8 Å². The third-order valence-corrected chi connectivity index (χ3v) is 14.4. The Hall–Kier alpha value is -9.33. The fourth-order valence-electron chi connectivity index (χ4n) is 11.2. The molecule has 0 amide bonds. The van der Waals surface area contributed by atoms with Gasteiger partial charge in [-0.15, -0.1) is 0 Å². The van der Waals surface area contributed by atoms with Gasteiger partial charge in [-0.2, -0.15) is 13.2 Å². The second kappa shape index (κ2) is 18.0. The maximum absolute atomic E-state index is 14.2. The molecular weight excluding hydrogens is 930 g/mol. The Labute approximate surface area is 432 Å². The Morgan fingerprint density at radius 2 is 0.813 bits per heavy atom. The molecule has 0 radical (unpaired) electrons. The van der Waals surface area contributed by atoms with Gasteiger partial charge in [0.05, 0.1) is 50.4 Å². The van der Waals surface area contributed by atoms with Crippen LogP contribution in [0.1, 0.15) is 22.3 Å². The van der Waals surface area contributed by atoms with Gasteiger partial charge in [0.25, 0.3) is 0 Å². The monoisotopic (exact) mass is 976 g/mol. The lowest BCUT2D eigenvalue weighted by Gasteiger charge is -2.22. The van der Waals surface area contributed by atoms with Crippen LogP contribution in [0.5, 0.6) is 0 Å². The van der Waals surface area contributed by atoms with Gasteiger partial charge in [-0.1, -0.05) is 175 Å².